The number of ketones is 1. The topological polar surface area (TPSA) is 83.8 Å². The Morgan fingerprint density at radius 2 is 1.72 bits per heavy atom. The van der Waals surface area contributed by atoms with Gasteiger partial charge in [-0.2, -0.15) is 0 Å². The molecule has 3 fully saturated rings. The van der Waals surface area contributed by atoms with E-state index in [0.29, 0.717) is 30.0 Å². The lowest BCUT2D eigenvalue weighted by Gasteiger charge is -2.57. The molecule has 5 nitrogen and oxygen atoms in total. The van der Waals surface area contributed by atoms with Crippen LogP contribution in [0.3, 0.4) is 0 Å². The molecule has 1 unspecified atom stereocenters. The van der Waals surface area contributed by atoms with Crippen LogP contribution in [0.5, 0.6) is 0 Å². The molecular weight excluding hydrogens is 339 g/mol. The van der Waals surface area contributed by atoms with E-state index in [9.17, 15) is 9.36 Å². The quantitative estimate of drug-likeness (QED) is 0.569. The predicted molar refractivity (Wildman–Crippen MR) is 93.6 cm³/mol. The van der Waals surface area contributed by atoms with Gasteiger partial charge in [-0.15, -0.1) is 0 Å². The van der Waals surface area contributed by atoms with Gasteiger partial charge in [-0.3, -0.25) is 9.32 Å². The fraction of sp³-hybridized carbons (Fsp3) is 0.842. The highest BCUT2D eigenvalue weighted by Crippen LogP contribution is 2.64. The van der Waals surface area contributed by atoms with Crippen molar-refractivity contribution >= 4 is 13.6 Å². The Bertz CT molecular complexity index is 667. The summed E-state index contributed by atoms with van der Waals surface area (Å²) >= 11 is 0. The standard InChI is InChI=1S/C19H29O5P/c1-18-9-7-13(24-25(21,22)23)11-12(18)3-4-14-15-5-6-17(20)19(15,2)10-8-16(14)18/h11,13-16H,3-10H2,1-2H3,(H2,21,22,23)/t13?,14-,15-,16-,18-,19-/m0/s1. The summed E-state index contributed by atoms with van der Waals surface area (Å²) in [6.07, 6.45) is 9.08. The monoisotopic (exact) mass is 368 g/mol. The lowest BCUT2D eigenvalue weighted by molar-refractivity contribution is -0.132. The molecule has 3 saturated carbocycles. The molecule has 0 saturated heterocycles. The van der Waals surface area contributed by atoms with Crippen LogP contribution >= 0.6 is 7.82 Å². The van der Waals surface area contributed by atoms with E-state index in [4.69, 9.17) is 14.3 Å². The third-order valence-corrected chi connectivity index (χ3v) is 8.60. The maximum Gasteiger partial charge on any atom is 0.470 e. The third-order valence-electron chi connectivity index (χ3n) is 8.05. The SMILES string of the molecule is C[C@]12CCC(OP(=O)(O)O)C=C1CC[C@@H]1[C@@H]2CC[C@]2(C)C(=O)CC[C@@H]12. The number of allylic oxidation sites excluding steroid dienone is 1. The molecule has 6 atom stereocenters. The van der Waals surface area contributed by atoms with Crippen LogP contribution < -0.4 is 0 Å². The molecule has 4 rings (SSSR count). The summed E-state index contributed by atoms with van der Waals surface area (Å²) in [6, 6.07) is 0. The van der Waals surface area contributed by atoms with Crippen molar-refractivity contribution in [3.05, 3.63) is 11.6 Å². The fourth-order valence-electron chi connectivity index (χ4n) is 6.73. The molecular formula is C19H29O5P. The lowest BCUT2D eigenvalue weighted by Crippen LogP contribution is -2.50. The minimum absolute atomic E-state index is 0.0977. The van der Waals surface area contributed by atoms with E-state index in [1.165, 1.54) is 5.57 Å². The van der Waals surface area contributed by atoms with Crippen molar-refractivity contribution in [1.29, 1.82) is 0 Å². The number of carbonyl (C=O) groups is 1. The third kappa shape index (κ3) is 2.79. The first-order valence-electron chi connectivity index (χ1n) is 9.62. The van der Waals surface area contributed by atoms with Gasteiger partial charge >= 0.3 is 7.82 Å². The van der Waals surface area contributed by atoms with Crippen molar-refractivity contribution in [2.75, 3.05) is 0 Å². The first-order chi connectivity index (χ1) is 11.6. The average Bonchev–Trinajstić information content (AvgIpc) is 2.82. The average molecular weight is 368 g/mol. The van der Waals surface area contributed by atoms with Gasteiger partial charge in [0.15, 0.2) is 0 Å². The van der Waals surface area contributed by atoms with Gasteiger partial charge in [0, 0.05) is 11.8 Å². The maximum atomic E-state index is 12.4. The van der Waals surface area contributed by atoms with Crippen LogP contribution in [-0.4, -0.2) is 21.7 Å². The van der Waals surface area contributed by atoms with Gasteiger partial charge < -0.3 is 9.79 Å². The van der Waals surface area contributed by atoms with Crippen molar-refractivity contribution in [2.45, 2.75) is 71.3 Å². The van der Waals surface area contributed by atoms with E-state index in [0.717, 1.165) is 44.9 Å². The summed E-state index contributed by atoms with van der Waals surface area (Å²) in [6.45, 7) is 4.53. The van der Waals surface area contributed by atoms with Crippen LogP contribution in [0, 0.1) is 28.6 Å². The van der Waals surface area contributed by atoms with E-state index in [1.807, 2.05) is 6.08 Å². The van der Waals surface area contributed by atoms with E-state index in [2.05, 4.69) is 13.8 Å². The summed E-state index contributed by atoms with van der Waals surface area (Å²) in [5, 5.41) is 0. The van der Waals surface area contributed by atoms with Gasteiger partial charge in [-0.1, -0.05) is 25.5 Å². The summed E-state index contributed by atoms with van der Waals surface area (Å²) in [4.78, 5) is 30.6. The zero-order valence-electron chi connectivity index (χ0n) is 15.1. The maximum absolute atomic E-state index is 12.4. The Morgan fingerprint density at radius 3 is 2.44 bits per heavy atom. The smallest absolute Gasteiger partial charge is 0.303 e. The van der Waals surface area contributed by atoms with Crippen molar-refractivity contribution in [3.8, 4) is 0 Å². The Morgan fingerprint density at radius 1 is 1.04 bits per heavy atom. The molecule has 0 aliphatic heterocycles. The minimum Gasteiger partial charge on any atom is -0.303 e. The first-order valence-corrected chi connectivity index (χ1v) is 11.1. The molecule has 0 aromatic rings. The molecule has 4 aliphatic rings. The molecule has 25 heavy (non-hydrogen) atoms. The van der Waals surface area contributed by atoms with Gasteiger partial charge in [0.1, 0.15) is 5.78 Å². The van der Waals surface area contributed by atoms with E-state index in [-0.39, 0.29) is 10.8 Å². The zero-order chi connectivity index (χ0) is 18.0. The number of rotatable bonds is 2. The summed E-state index contributed by atoms with van der Waals surface area (Å²) in [5.74, 6) is 2.21. The summed E-state index contributed by atoms with van der Waals surface area (Å²) in [7, 11) is -4.45. The van der Waals surface area contributed by atoms with Crippen molar-refractivity contribution in [2.24, 2.45) is 28.6 Å². The highest BCUT2D eigenvalue weighted by molar-refractivity contribution is 7.46. The van der Waals surface area contributed by atoms with Crippen LogP contribution in [0.25, 0.3) is 0 Å². The fourth-order valence-corrected chi connectivity index (χ4v) is 7.25. The molecule has 0 aromatic heterocycles. The number of carbonyl (C=O) groups excluding carboxylic acids is 1. The Hall–Kier alpha value is -0.480. The second kappa shape index (κ2) is 5.76. The molecule has 6 heteroatoms. The van der Waals surface area contributed by atoms with Gasteiger partial charge in [0.25, 0.3) is 0 Å². The second-order valence-electron chi connectivity index (χ2n) is 9.12. The number of phosphoric acid groups is 1. The molecule has 140 valence electrons. The van der Waals surface area contributed by atoms with E-state index >= 15 is 0 Å². The second-order valence-corrected chi connectivity index (χ2v) is 10.3. The number of phosphoric ester groups is 1. The molecule has 0 heterocycles. The van der Waals surface area contributed by atoms with Crippen LogP contribution in [0.4, 0.5) is 0 Å². The van der Waals surface area contributed by atoms with Gasteiger partial charge in [-0.05, 0) is 68.1 Å². The highest BCUT2D eigenvalue weighted by Gasteiger charge is 2.58. The van der Waals surface area contributed by atoms with Gasteiger partial charge in [0.2, 0.25) is 0 Å². The Kier molecular flexibility index (Phi) is 4.12. The Labute approximate surface area is 149 Å². The lowest BCUT2D eigenvalue weighted by atomic mass is 9.47. The largest absolute Gasteiger partial charge is 0.470 e. The molecule has 0 spiro atoms. The predicted octanol–water partition coefficient (Wildman–Crippen LogP) is 4.00. The molecule has 0 radical (unpaired) electrons. The number of hydrogen-bond acceptors (Lipinski definition) is 3. The molecule has 4 aliphatic carbocycles. The van der Waals surface area contributed by atoms with E-state index < -0.39 is 13.9 Å². The van der Waals surface area contributed by atoms with Crippen LogP contribution in [-0.2, 0) is 13.9 Å². The molecule has 0 bridgehead atoms. The zero-order valence-corrected chi connectivity index (χ0v) is 16.0. The highest BCUT2D eigenvalue weighted by atomic mass is 31.2. The van der Waals surface area contributed by atoms with Crippen molar-refractivity contribution in [1.82, 2.24) is 0 Å². The normalized spacial score (nSPS) is 46.9. The van der Waals surface area contributed by atoms with E-state index in [1.54, 1.807) is 0 Å². The summed E-state index contributed by atoms with van der Waals surface area (Å²) in [5.41, 5.74) is 1.33. The van der Waals surface area contributed by atoms with Crippen LogP contribution in [0.15, 0.2) is 11.6 Å². The van der Waals surface area contributed by atoms with Gasteiger partial charge in [0.05, 0.1) is 6.10 Å². The Balaban J connectivity index is 1.60. The van der Waals surface area contributed by atoms with Crippen LogP contribution in [0.2, 0.25) is 0 Å². The number of fused-ring (bicyclic) bond motifs is 5. The van der Waals surface area contributed by atoms with Crippen molar-refractivity contribution < 1.29 is 23.7 Å². The number of hydrogen-bond donors (Lipinski definition) is 2. The molecule has 0 aromatic carbocycles. The van der Waals surface area contributed by atoms with Crippen LogP contribution in [0.1, 0.15) is 65.2 Å². The molecule has 2 N–H and O–H groups in total. The van der Waals surface area contributed by atoms with Crippen molar-refractivity contribution in [3.63, 3.8) is 0 Å². The molecule has 0 amide bonds. The summed E-state index contributed by atoms with van der Waals surface area (Å²) < 4.78 is 16.1. The minimum atomic E-state index is -4.45. The van der Waals surface area contributed by atoms with Gasteiger partial charge in [-0.25, -0.2) is 4.57 Å². The first kappa shape index (κ1) is 17.9. The number of Topliss-reactive ketones (excluding diaryl/α,β-unsaturated/α-hetero) is 1.